The summed E-state index contributed by atoms with van der Waals surface area (Å²) in [5.74, 6) is -0.981. The molecule has 0 heterocycles. The molecule has 0 spiro atoms. The van der Waals surface area contributed by atoms with Crippen molar-refractivity contribution in [1.29, 1.82) is 0 Å². The Kier molecular flexibility index (Phi) is 5.12. The summed E-state index contributed by atoms with van der Waals surface area (Å²) >= 11 is 0. The highest BCUT2D eigenvalue weighted by Gasteiger charge is 2.18. The molecule has 0 aliphatic heterocycles. The van der Waals surface area contributed by atoms with Gasteiger partial charge in [-0.3, -0.25) is 0 Å². The smallest absolute Gasteiger partial charge is 0.130 e. The first-order valence-electron chi connectivity index (χ1n) is 5.48. The molecule has 0 aromatic heterocycles. The number of halogens is 2. The summed E-state index contributed by atoms with van der Waals surface area (Å²) in [5, 5.41) is 3.09. The van der Waals surface area contributed by atoms with Crippen molar-refractivity contribution < 1.29 is 8.78 Å². The van der Waals surface area contributed by atoms with Gasteiger partial charge in [0.05, 0.1) is 0 Å². The Hall–Kier alpha value is -1.22. The highest BCUT2D eigenvalue weighted by Crippen LogP contribution is 2.24. The van der Waals surface area contributed by atoms with Crippen LogP contribution in [-0.4, -0.2) is 6.54 Å². The van der Waals surface area contributed by atoms with Crippen LogP contribution >= 0.6 is 0 Å². The molecule has 0 saturated heterocycles. The van der Waals surface area contributed by atoms with Gasteiger partial charge >= 0.3 is 0 Å². The second kappa shape index (κ2) is 6.38. The average molecular weight is 225 g/mol. The van der Waals surface area contributed by atoms with Gasteiger partial charge in [0.25, 0.3) is 0 Å². The molecule has 0 fully saturated rings. The summed E-state index contributed by atoms with van der Waals surface area (Å²) in [4.78, 5) is 0. The molecule has 0 bridgehead atoms. The normalized spacial score (nSPS) is 12.4. The molecule has 0 aliphatic carbocycles. The molecule has 0 aliphatic rings. The second-order valence-corrected chi connectivity index (χ2v) is 3.61. The van der Waals surface area contributed by atoms with Crippen molar-refractivity contribution >= 4 is 0 Å². The lowest BCUT2D eigenvalue weighted by atomic mass is 10.0. The number of hydrogen-bond acceptors (Lipinski definition) is 1. The Morgan fingerprint density at radius 3 is 2.50 bits per heavy atom. The minimum absolute atomic E-state index is 0.131. The first-order valence-corrected chi connectivity index (χ1v) is 5.48. The molecule has 3 heteroatoms. The zero-order valence-electron chi connectivity index (χ0n) is 9.47. The number of hydrogen-bond donors (Lipinski definition) is 1. The molecule has 1 unspecified atom stereocenters. The minimum Gasteiger partial charge on any atom is -0.310 e. The van der Waals surface area contributed by atoms with Crippen LogP contribution in [0.1, 0.15) is 31.4 Å². The number of allylic oxidation sites excluding steroid dienone is 1. The fourth-order valence-electron chi connectivity index (χ4n) is 1.72. The maximum absolute atomic E-state index is 13.5. The van der Waals surface area contributed by atoms with Gasteiger partial charge in [0.2, 0.25) is 0 Å². The predicted molar refractivity (Wildman–Crippen MR) is 62.2 cm³/mol. The molecule has 0 saturated carbocycles. The van der Waals surface area contributed by atoms with Gasteiger partial charge in [0, 0.05) is 11.6 Å². The van der Waals surface area contributed by atoms with Crippen LogP contribution in [0.2, 0.25) is 0 Å². The van der Waals surface area contributed by atoms with E-state index in [1.165, 1.54) is 18.2 Å². The summed E-state index contributed by atoms with van der Waals surface area (Å²) in [5.41, 5.74) is 0.131. The van der Waals surface area contributed by atoms with E-state index in [1.54, 1.807) is 6.08 Å². The van der Waals surface area contributed by atoms with E-state index in [4.69, 9.17) is 0 Å². The van der Waals surface area contributed by atoms with Gasteiger partial charge in [-0.1, -0.05) is 19.1 Å². The van der Waals surface area contributed by atoms with Crippen LogP contribution in [0.15, 0.2) is 30.9 Å². The van der Waals surface area contributed by atoms with Crippen LogP contribution in [0.3, 0.4) is 0 Å². The summed E-state index contributed by atoms with van der Waals surface area (Å²) < 4.78 is 27.1. The lowest BCUT2D eigenvalue weighted by Gasteiger charge is -2.18. The lowest BCUT2D eigenvalue weighted by molar-refractivity contribution is 0.457. The van der Waals surface area contributed by atoms with E-state index in [0.29, 0.717) is 13.0 Å². The third-order valence-corrected chi connectivity index (χ3v) is 2.46. The highest BCUT2D eigenvalue weighted by atomic mass is 19.1. The van der Waals surface area contributed by atoms with E-state index in [1.807, 2.05) is 6.92 Å². The van der Waals surface area contributed by atoms with E-state index >= 15 is 0 Å². The molecule has 1 aromatic rings. The third-order valence-electron chi connectivity index (χ3n) is 2.46. The van der Waals surface area contributed by atoms with E-state index in [9.17, 15) is 8.78 Å². The molecule has 1 aromatic carbocycles. The van der Waals surface area contributed by atoms with Crippen molar-refractivity contribution in [3.8, 4) is 0 Å². The number of benzene rings is 1. The fraction of sp³-hybridized carbons (Fsp3) is 0.385. The van der Waals surface area contributed by atoms with Crippen LogP contribution in [0.4, 0.5) is 8.78 Å². The molecular formula is C13H17F2N. The largest absolute Gasteiger partial charge is 0.310 e. The van der Waals surface area contributed by atoms with Crippen molar-refractivity contribution in [3.63, 3.8) is 0 Å². The Labute approximate surface area is 95.2 Å². The lowest BCUT2D eigenvalue weighted by Crippen LogP contribution is -2.23. The molecule has 1 atom stereocenters. The molecule has 1 nitrogen and oxygen atoms in total. The maximum Gasteiger partial charge on any atom is 0.130 e. The average Bonchev–Trinajstić information content (AvgIpc) is 2.25. The first-order chi connectivity index (χ1) is 7.70. The maximum atomic E-state index is 13.5. The zero-order chi connectivity index (χ0) is 12.0. The van der Waals surface area contributed by atoms with Gasteiger partial charge in [-0.15, -0.1) is 6.58 Å². The first kappa shape index (κ1) is 12.8. The van der Waals surface area contributed by atoms with Gasteiger partial charge in [0.15, 0.2) is 0 Å². The highest BCUT2D eigenvalue weighted by molar-refractivity contribution is 5.23. The molecule has 88 valence electrons. The molecule has 16 heavy (non-hydrogen) atoms. The van der Waals surface area contributed by atoms with Crippen molar-refractivity contribution in [2.45, 2.75) is 25.8 Å². The van der Waals surface area contributed by atoms with Gasteiger partial charge < -0.3 is 5.32 Å². The van der Waals surface area contributed by atoms with E-state index in [-0.39, 0.29) is 11.6 Å². The molecular weight excluding hydrogens is 208 g/mol. The van der Waals surface area contributed by atoms with E-state index in [0.717, 1.165) is 6.42 Å². The molecule has 1 rings (SSSR count). The second-order valence-electron chi connectivity index (χ2n) is 3.61. The monoisotopic (exact) mass is 225 g/mol. The van der Waals surface area contributed by atoms with Gasteiger partial charge in [-0.2, -0.15) is 0 Å². The van der Waals surface area contributed by atoms with Crippen LogP contribution in [0.25, 0.3) is 0 Å². The molecule has 0 radical (unpaired) electrons. The van der Waals surface area contributed by atoms with Crippen LogP contribution in [0, 0.1) is 11.6 Å². The zero-order valence-corrected chi connectivity index (χ0v) is 9.47. The van der Waals surface area contributed by atoms with Crippen LogP contribution < -0.4 is 5.32 Å². The standard InChI is InChI=1S/C13H17F2N/c1-3-5-9-12(16-4-2)13-10(14)7-6-8-11(13)15/h3,6-8,12,16H,1,4-5,9H2,2H3. The topological polar surface area (TPSA) is 12.0 Å². The Morgan fingerprint density at radius 1 is 1.38 bits per heavy atom. The number of nitrogens with one attached hydrogen (secondary N) is 1. The summed E-state index contributed by atoms with van der Waals surface area (Å²) in [6.45, 7) is 6.21. The quantitative estimate of drug-likeness (QED) is 0.730. The number of rotatable bonds is 6. The van der Waals surface area contributed by atoms with Crippen molar-refractivity contribution in [2.75, 3.05) is 6.54 Å². The third kappa shape index (κ3) is 3.14. The predicted octanol–water partition coefficient (Wildman–Crippen LogP) is 3.58. The summed E-state index contributed by atoms with van der Waals surface area (Å²) in [6.07, 6.45) is 3.13. The minimum atomic E-state index is -0.491. The summed E-state index contributed by atoms with van der Waals surface area (Å²) in [7, 11) is 0. The van der Waals surface area contributed by atoms with E-state index < -0.39 is 11.6 Å². The van der Waals surface area contributed by atoms with Crippen molar-refractivity contribution in [1.82, 2.24) is 5.32 Å². The summed E-state index contributed by atoms with van der Waals surface area (Å²) in [6, 6.07) is 3.67. The van der Waals surface area contributed by atoms with Gasteiger partial charge in [-0.25, -0.2) is 8.78 Å². The Morgan fingerprint density at radius 2 is 2.00 bits per heavy atom. The molecule has 0 amide bonds. The Balaban J connectivity index is 2.94. The Bertz CT molecular complexity index is 330. The molecule has 1 N–H and O–H groups in total. The van der Waals surface area contributed by atoms with Crippen LogP contribution in [0.5, 0.6) is 0 Å². The SMILES string of the molecule is C=CCCC(NCC)c1c(F)cccc1F. The van der Waals surface area contributed by atoms with Gasteiger partial charge in [-0.05, 0) is 31.5 Å². The van der Waals surface area contributed by atoms with Crippen molar-refractivity contribution in [3.05, 3.63) is 48.1 Å². The fourth-order valence-corrected chi connectivity index (χ4v) is 1.72. The van der Waals surface area contributed by atoms with Crippen LogP contribution in [-0.2, 0) is 0 Å². The van der Waals surface area contributed by atoms with Crippen molar-refractivity contribution in [2.24, 2.45) is 0 Å². The van der Waals surface area contributed by atoms with E-state index in [2.05, 4.69) is 11.9 Å². The van der Waals surface area contributed by atoms with Gasteiger partial charge in [0.1, 0.15) is 11.6 Å².